The molecule has 1 aromatic heterocycles. The first kappa shape index (κ1) is 14.1. The molecule has 1 heterocycles. The summed E-state index contributed by atoms with van der Waals surface area (Å²) in [5, 5.41) is 3.41. The minimum absolute atomic E-state index is 0.160. The maximum absolute atomic E-state index is 13.1. The molecule has 0 amide bonds. The highest BCUT2D eigenvalue weighted by Gasteiger charge is 2.11. The Morgan fingerprint density at radius 1 is 1.47 bits per heavy atom. The van der Waals surface area contributed by atoms with Crippen LogP contribution in [0.25, 0.3) is 0 Å². The lowest BCUT2D eigenvalue weighted by Crippen LogP contribution is -2.22. The van der Waals surface area contributed by atoms with Gasteiger partial charge in [0.05, 0.1) is 6.20 Å². The van der Waals surface area contributed by atoms with Crippen molar-refractivity contribution >= 4 is 0 Å². The summed E-state index contributed by atoms with van der Waals surface area (Å²) in [6.07, 6.45) is 5.90. The molecule has 17 heavy (non-hydrogen) atoms. The van der Waals surface area contributed by atoms with Crippen LogP contribution in [0.1, 0.15) is 37.8 Å². The van der Waals surface area contributed by atoms with Gasteiger partial charge < -0.3 is 10.1 Å². The van der Waals surface area contributed by atoms with Gasteiger partial charge in [0.25, 0.3) is 0 Å². The molecule has 1 aromatic rings. The van der Waals surface area contributed by atoms with Gasteiger partial charge in [0.1, 0.15) is 5.82 Å². The average molecular weight is 240 g/mol. The molecule has 0 fully saturated rings. The minimum Gasteiger partial charge on any atom is -0.385 e. The van der Waals surface area contributed by atoms with Crippen LogP contribution in [0.4, 0.5) is 4.39 Å². The molecule has 0 spiro atoms. The van der Waals surface area contributed by atoms with E-state index in [1.165, 1.54) is 6.20 Å². The van der Waals surface area contributed by atoms with Crippen molar-refractivity contribution in [3.63, 3.8) is 0 Å². The molecule has 1 atom stereocenters. The van der Waals surface area contributed by atoms with Gasteiger partial charge >= 0.3 is 0 Å². The van der Waals surface area contributed by atoms with Crippen LogP contribution in [-0.2, 0) is 4.74 Å². The van der Waals surface area contributed by atoms with Gasteiger partial charge in [0.15, 0.2) is 0 Å². The Hall–Kier alpha value is -1.00. The van der Waals surface area contributed by atoms with Crippen LogP contribution in [0.5, 0.6) is 0 Å². The quantitative estimate of drug-likeness (QED) is 0.709. The third kappa shape index (κ3) is 5.24. The van der Waals surface area contributed by atoms with Crippen LogP contribution in [0.15, 0.2) is 18.5 Å². The Morgan fingerprint density at radius 3 is 2.94 bits per heavy atom. The topological polar surface area (TPSA) is 34.1 Å². The number of rotatable bonds is 8. The van der Waals surface area contributed by atoms with E-state index in [0.717, 1.165) is 38.0 Å². The number of methoxy groups -OCH3 is 1. The summed E-state index contributed by atoms with van der Waals surface area (Å²) < 4.78 is 18.2. The Labute approximate surface area is 102 Å². The van der Waals surface area contributed by atoms with Crippen molar-refractivity contribution in [1.29, 1.82) is 0 Å². The third-order valence-corrected chi connectivity index (χ3v) is 2.61. The Balaban J connectivity index is 2.60. The summed E-state index contributed by atoms with van der Waals surface area (Å²) in [6.45, 7) is 3.77. The Morgan fingerprint density at radius 2 is 2.29 bits per heavy atom. The normalized spacial score (nSPS) is 12.6. The van der Waals surface area contributed by atoms with Gasteiger partial charge in [0, 0.05) is 26.0 Å². The van der Waals surface area contributed by atoms with Crippen molar-refractivity contribution in [2.24, 2.45) is 0 Å². The highest BCUT2D eigenvalue weighted by molar-refractivity contribution is 5.15. The predicted octanol–water partition coefficient (Wildman–Crippen LogP) is 2.69. The molecular formula is C13H21FN2O. The molecule has 1 N–H and O–H groups in total. The number of pyridine rings is 1. The van der Waals surface area contributed by atoms with E-state index in [0.29, 0.717) is 0 Å². The van der Waals surface area contributed by atoms with E-state index in [1.54, 1.807) is 19.4 Å². The zero-order valence-electron chi connectivity index (χ0n) is 10.6. The van der Waals surface area contributed by atoms with E-state index in [1.807, 2.05) is 0 Å². The van der Waals surface area contributed by atoms with Crippen LogP contribution in [0.2, 0.25) is 0 Å². The van der Waals surface area contributed by atoms with Gasteiger partial charge in [-0.2, -0.15) is 0 Å². The molecule has 96 valence electrons. The number of halogens is 1. The molecule has 0 radical (unpaired) electrons. The lowest BCUT2D eigenvalue weighted by molar-refractivity contribution is 0.188. The fourth-order valence-electron chi connectivity index (χ4n) is 1.76. The van der Waals surface area contributed by atoms with E-state index in [-0.39, 0.29) is 11.9 Å². The molecule has 0 aliphatic rings. The number of hydrogen-bond acceptors (Lipinski definition) is 3. The van der Waals surface area contributed by atoms with Crippen molar-refractivity contribution in [3.05, 3.63) is 29.8 Å². The monoisotopic (exact) mass is 240 g/mol. The number of aromatic nitrogens is 1. The zero-order chi connectivity index (χ0) is 12.5. The van der Waals surface area contributed by atoms with Crippen LogP contribution < -0.4 is 5.32 Å². The number of nitrogens with one attached hydrogen (secondary N) is 1. The SMILES string of the molecule is CCCNC(CCCOC)c1cncc(F)c1. The Kier molecular flexibility index (Phi) is 6.74. The van der Waals surface area contributed by atoms with Crippen LogP contribution >= 0.6 is 0 Å². The van der Waals surface area contributed by atoms with E-state index in [2.05, 4.69) is 17.2 Å². The molecule has 0 aromatic carbocycles. The third-order valence-electron chi connectivity index (χ3n) is 2.61. The molecular weight excluding hydrogens is 219 g/mol. The number of hydrogen-bond donors (Lipinski definition) is 1. The summed E-state index contributed by atoms with van der Waals surface area (Å²) in [4.78, 5) is 3.90. The first-order valence-corrected chi connectivity index (χ1v) is 6.10. The molecule has 4 heteroatoms. The van der Waals surface area contributed by atoms with Crippen molar-refractivity contribution in [1.82, 2.24) is 10.3 Å². The van der Waals surface area contributed by atoms with E-state index in [9.17, 15) is 4.39 Å². The first-order valence-electron chi connectivity index (χ1n) is 6.10. The second-order valence-corrected chi connectivity index (χ2v) is 4.08. The van der Waals surface area contributed by atoms with Crippen LogP contribution in [0.3, 0.4) is 0 Å². The molecule has 0 bridgehead atoms. The van der Waals surface area contributed by atoms with Gasteiger partial charge in [-0.15, -0.1) is 0 Å². The highest BCUT2D eigenvalue weighted by atomic mass is 19.1. The smallest absolute Gasteiger partial charge is 0.141 e. The maximum Gasteiger partial charge on any atom is 0.141 e. The molecule has 0 aliphatic heterocycles. The Bertz CT molecular complexity index is 320. The summed E-state index contributed by atoms with van der Waals surface area (Å²) in [7, 11) is 1.69. The highest BCUT2D eigenvalue weighted by Crippen LogP contribution is 2.18. The lowest BCUT2D eigenvalue weighted by atomic mass is 10.0. The summed E-state index contributed by atoms with van der Waals surface area (Å²) >= 11 is 0. The number of nitrogens with zero attached hydrogens (tertiary/aromatic N) is 1. The fourth-order valence-corrected chi connectivity index (χ4v) is 1.76. The number of ether oxygens (including phenoxy) is 1. The van der Waals surface area contributed by atoms with E-state index in [4.69, 9.17) is 4.74 Å². The van der Waals surface area contributed by atoms with Crippen molar-refractivity contribution < 1.29 is 9.13 Å². The van der Waals surface area contributed by atoms with Crippen molar-refractivity contribution in [2.75, 3.05) is 20.3 Å². The molecule has 0 saturated carbocycles. The minimum atomic E-state index is -0.280. The predicted molar refractivity (Wildman–Crippen MR) is 66.3 cm³/mol. The van der Waals surface area contributed by atoms with E-state index < -0.39 is 0 Å². The van der Waals surface area contributed by atoms with Gasteiger partial charge in [-0.05, 0) is 37.4 Å². The maximum atomic E-state index is 13.1. The van der Waals surface area contributed by atoms with Crippen LogP contribution in [0, 0.1) is 5.82 Å². The second-order valence-electron chi connectivity index (χ2n) is 4.08. The molecule has 3 nitrogen and oxygen atoms in total. The summed E-state index contributed by atoms with van der Waals surface area (Å²) in [5.74, 6) is -0.280. The van der Waals surface area contributed by atoms with E-state index >= 15 is 0 Å². The van der Waals surface area contributed by atoms with Crippen molar-refractivity contribution in [2.45, 2.75) is 32.2 Å². The van der Waals surface area contributed by atoms with Gasteiger partial charge in [-0.3, -0.25) is 4.98 Å². The van der Waals surface area contributed by atoms with Gasteiger partial charge in [-0.1, -0.05) is 6.92 Å². The largest absolute Gasteiger partial charge is 0.385 e. The average Bonchev–Trinajstić information content (AvgIpc) is 2.33. The van der Waals surface area contributed by atoms with Gasteiger partial charge in [-0.25, -0.2) is 4.39 Å². The second kappa shape index (κ2) is 8.14. The summed E-state index contributed by atoms with van der Waals surface area (Å²) in [5.41, 5.74) is 0.912. The summed E-state index contributed by atoms with van der Waals surface area (Å²) in [6, 6.07) is 1.71. The zero-order valence-corrected chi connectivity index (χ0v) is 10.6. The van der Waals surface area contributed by atoms with Crippen molar-refractivity contribution in [3.8, 4) is 0 Å². The fraction of sp³-hybridized carbons (Fsp3) is 0.615. The lowest BCUT2D eigenvalue weighted by Gasteiger charge is -2.18. The van der Waals surface area contributed by atoms with Gasteiger partial charge in [0.2, 0.25) is 0 Å². The molecule has 0 saturated heterocycles. The molecule has 1 rings (SSSR count). The molecule has 0 aliphatic carbocycles. The molecule has 1 unspecified atom stereocenters. The van der Waals surface area contributed by atoms with Crippen LogP contribution in [-0.4, -0.2) is 25.2 Å². The standard InChI is InChI=1S/C13H21FN2O/c1-3-6-16-13(5-4-7-17-2)11-8-12(14)10-15-9-11/h8-10,13,16H,3-7H2,1-2H3. The first-order chi connectivity index (χ1) is 8.27.